The van der Waals surface area contributed by atoms with E-state index in [0.717, 1.165) is 44.9 Å². The number of aliphatic hydroxyl groups excluding tert-OH is 1. The molecule has 1 N–H and O–H groups in total. The van der Waals surface area contributed by atoms with Crippen molar-refractivity contribution in [3.63, 3.8) is 0 Å². The zero-order chi connectivity index (χ0) is 16.5. The summed E-state index contributed by atoms with van der Waals surface area (Å²) in [5, 5.41) is 9.82. The standard InChI is InChI=1S/C19H34O3/c1-3-4-5-6-7-8-9-12-15-18(20)16-13-10-11-14-17-19(21)22-2/h7-8,12,15,18,20H,3-6,9-11,13-14,16-17H2,1-2H3. The maximum Gasteiger partial charge on any atom is 0.305 e. The van der Waals surface area contributed by atoms with Gasteiger partial charge < -0.3 is 9.84 Å². The first kappa shape index (κ1) is 20.9. The summed E-state index contributed by atoms with van der Waals surface area (Å²) in [4.78, 5) is 10.9. The minimum absolute atomic E-state index is 0.134. The Hall–Kier alpha value is -1.09. The van der Waals surface area contributed by atoms with Gasteiger partial charge in [0.25, 0.3) is 0 Å². The van der Waals surface area contributed by atoms with Gasteiger partial charge in [-0.15, -0.1) is 0 Å². The molecule has 0 aromatic heterocycles. The minimum atomic E-state index is -0.339. The third-order valence-corrected chi connectivity index (χ3v) is 3.63. The fourth-order valence-electron chi connectivity index (χ4n) is 2.22. The SMILES string of the molecule is CCCCCC=CCC=CC(O)CCCCCCC(=O)OC. The summed E-state index contributed by atoms with van der Waals surface area (Å²) < 4.78 is 4.59. The molecule has 0 saturated heterocycles. The molecule has 1 unspecified atom stereocenters. The van der Waals surface area contributed by atoms with Gasteiger partial charge in [0, 0.05) is 6.42 Å². The molecule has 128 valence electrons. The van der Waals surface area contributed by atoms with E-state index in [4.69, 9.17) is 0 Å². The molecule has 0 aliphatic heterocycles. The first-order valence-corrected chi connectivity index (χ1v) is 8.77. The lowest BCUT2D eigenvalue weighted by atomic mass is 10.1. The molecule has 0 aliphatic carbocycles. The topological polar surface area (TPSA) is 46.5 Å². The molecule has 1 atom stereocenters. The van der Waals surface area contributed by atoms with Crippen LogP contribution < -0.4 is 0 Å². The van der Waals surface area contributed by atoms with Crippen LogP contribution in [0.25, 0.3) is 0 Å². The second kappa shape index (κ2) is 16.3. The zero-order valence-corrected chi connectivity index (χ0v) is 14.4. The number of ether oxygens (including phenoxy) is 1. The second-order valence-corrected chi connectivity index (χ2v) is 5.73. The monoisotopic (exact) mass is 310 g/mol. The molecule has 3 heteroatoms. The number of esters is 1. The van der Waals surface area contributed by atoms with E-state index < -0.39 is 0 Å². The molecule has 0 radical (unpaired) electrons. The molecule has 0 saturated carbocycles. The van der Waals surface area contributed by atoms with Crippen molar-refractivity contribution < 1.29 is 14.6 Å². The van der Waals surface area contributed by atoms with Gasteiger partial charge in [-0.1, -0.05) is 63.3 Å². The third kappa shape index (κ3) is 15.3. The third-order valence-electron chi connectivity index (χ3n) is 3.63. The van der Waals surface area contributed by atoms with E-state index >= 15 is 0 Å². The van der Waals surface area contributed by atoms with Crippen LogP contribution in [0.4, 0.5) is 0 Å². The summed E-state index contributed by atoms with van der Waals surface area (Å²) in [6, 6.07) is 0. The van der Waals surface area contributed by atoms with E-state index in [-0.39, 0.29) is 12.1 Å². The molecular weight excluding hydrogens is 276 g/mol. The molecule has 0 bridgehead atoms. The highest BCUT2D eigenvalue weighted by Crippen LogP contribution is 2.09. The number of allylic oxidation sites excluding steroid dienone is 3. The number of carbonyl (C=O) groups excluding carboxylic acids is 1. The number of rotatable bonds is 14. The fourth-order valence-corrected chi connectivity index (χ4v) is 2.22. The summed E-state index contributed by atoms with van der Waals surface area (Å²) >= 11 is 0. The number of hydrogen-bond donors (Lipinski definition) is 1. The lowest BCUT2D eigenvalue weighted by Gasteiger charge is -2.05. The van der Waals surface area contributed by atoms with Gasteiger partial charge in [-0.3, -0.25) is 4.79 Å². The number of carbonyl (C=O) groups is 1. The van der Waals surface area contributed by atoms with Crippen molar-refractivity contribution in [2.24, 2.45) is 0 Å². The van der Waals surface area contributed by atoms with Gasteiger partial charge in [0.15, 0.2) is 0 Å². The Morgan fingerprint density at radius 1 is 1.05 bits per heavy atom. The quantitative estimate of drug-likeness (QED) is 0.281. The van der Waals surface area contributed by atoms with Crippen LogP contribution in [0.2, 0.25) is 0 Å². The smallest absolute Gasteiger partial charge is 0.305 e. The van der Waals surface area contributed by atoms with Gasteiger partial charge in [0.05, 0.1) is 13.2 Å². The van der Waals surface area contributed by atoms with Crippen LogP contribution in [0.3, 0.4) is 0 Å². The Labute approximate surface area is 136 Å². The highest BCUT2D eigenvalue weighted by atomic mass is 16.5. The molecule has 0 aromatic rings. The normalized spacial score (nSPS) is 13.0. The number of unbranched alkanes of at least 4 members (excludes halogenated alkanes) is 6. The van der Waals surface area contributed by atoms with Crippen molar-refractivity contribution in [1.82, 2.24) is 0 Å². The van der Waals surface area contributed by atoms with E-state index in [0.29, 0.717) is 6.42 Å². The van der Waals surface area contributed by atoms with Crippen LogP contribution in [-0.2, 0) is 9.53 Å². The Morgan fingerprint density at radius 3 is 2.55 bits per heavy atom. The van der Waals surface area contributed by atoms with Crippen LogP contribution >= 0.6 is 0 Å². The molecular formula is C19H34O3. The van der Waals surface area contributed by atoms with E-state index in [1.54, 1.807) is 0 Å². The predicted molar refractivity (Wildman–Crippen MR) is 92.8 cm³/mol. The van der Waals surface area contributed by atoms with Crippen LogP contribution in [0.15, 0.2) is 24.3 Å². The molecule has 22 heavy (non-hydrogen) atoms. The van der Waals surface area contributed by atoms with Gasteiger partial charge >= 0.3 is 5.97 Å². The molecule has 0 rings (SSSR count). The van der Waals surface area contributed by atoms with Crippen LogP contribution in [-0.4, -0.2) is 24.3 Å². The fraction of sp³-hybridized carbons (Fsp3) is 0.737. The van der Waals surface area contributed by atoms with E-state index in [1.165, 1.54) is 26.4 Å². The number of hydrogen-bond acceptors (Lipinski definition) is 3. The van der Waals surface area contributed by atoms with Crippen molar-refractivity contribution in [1.29, 1.82) is 0 Å². The maximum atomic E-state index is 10.9. The van der Waals surface area contributed by atoms with Gasteiger partial charge in [0.1, 0.15) is 0 Å². The predicted octanol–water partition coefficient (Wildman–Crippen LogP) is 4.94. The summed E-state index contributed by atoms with van der Waals surface area (Å²) in [6.07, 6.45) is 19.2. The molecule has 0 spiro atoms. The van der Waals surface area contributed by atoms with Crippen molar-refractivity contribution in [3.05, 3.63) is 24.3 Å². The summed E-state index contributed by atoms with van der Waals surface area (Å²) in [5.41, 5.74) is 0. The first-order valence-electron chi connectivity index (χ1n) is 8.77. The zero-order valence-electron chi connectivity index (χ0n) is 14.4. The molecule has 0 amide bonds. The van der Waals surface area contributed by atoms with Crippen LogP contribution in [0, 0.1) is 0 Å². The molecule has 0 fully saturated rings. The highest BCUT2D eigenvalue weighted by molar-refractivity contribution is 5.68. The summed E-state index contributed by atoms with van der Waals surface area (Å²) in [7, 11) is 1.42. The first-order chi connectivity index (χ1) is 10.7. The van der Waals surface area contributed by atoms with E-state index in [9.17, 15) is 9.90 Å². The van der Waals surface area contributed by atoms with Gasteiger partial charge in [-0.2, -0.15) is 0 Å². The van der Waals surface area contributed by atoms with Crippen molar-refractivity contribution in [3.8, 4) is 0 Å². The van der Waals surface area contributed by atoms with E-state index in [1.807, 2.05) is 12.2 Å². The molecule has 0 heterocycles. The average Bonchev–Trinajstić information content (AvgIpc) is 2.52. The summed E-state index contributed by atoms with van der Waals surface area (Å²) in [6.45, 7) is 2.22. The Kier molecular flexibility index (Phi) is 15.5. The largest absolute Gasteiger partial charge is 0.469 e. The average molecular weight is 310 g/mol. The van der Waals surface area contributed by atoms with Crippen LogP contribution in [0.5, 0.6) is 0 Å². The second-order valence-electron chi connectivity index (χ2n) is 5.73. The van der Waals surface area contributed by atoms with Gasteiger partial charge in [-0.05, 0) is 32.1 Å². The van der Waals surface area contributed by atoms with Crippen molar-refractivity contribution >= 4 is 5.97 Å². The van der Waals surface area contributed by atoms with Crippen molar-refractivity contribution in [2.45, 2.75) is 83.7 Å². The van der Waals surface area contributed by atoms with Crippen LogP contribution in [0.1, 0.15) is 77.6 Å². The number of aliphatic hydroxyl groups is 1. The maximum absolute atomic E-state index is 10.9. The van der Waals surface area contributed by atoms with Gasteiger partial charge in [-0.25, -0.2) is 0 Å². The van der Waals surface area contributed by atoms with Crippen molar-refractivity contribution in [2.75, 3.05) is 7.11 Å². The lowest BCUT2D eigenvalue weighted by Crippen LogP contribution is -2.02. The van der Waals surface area contributed by atoms with E-state index in [2.05, 4.69) is 23.8 Å². The Bertz CT molecular complexity index is 308. The Morgan fingerprint density at radius 2 is 1.82 bits per heavy atom. The summed E-state index contributed by atoms with van der Waals surface area (Å²) in [5.74, 6) is -0.134. The van der Waals surface area contributed by atoms with Gasteiger partial charge in [0.2, 0.25) is 0 Å². The Balaban J connectivity index is 3.43. The molecule has 3 nitrogen and oxygen atoms in total. The highest BCUT2D eigenvalue weighted by Gasteiger charge is 2.01. The number of methoxy groups -OCH3 is 1. The molecule has 0 aromatic carbocycles. The minimum Gasteiger partial charge on any atom is -0.469 e. The molecule has 0 aliphatic rings. The lowest BCUT2D eigenvalue weighted by molar-refractivity contribution is -0.140.